The first-order chi connectivity index (χ1) is 12.0. The smallest absolute Gasteiger partial charge is 0.254 e. The molecule has 3 aromatic rings. The van der Waals surface area contributed by atoms with Crippen molar-refractivity contribution in [3.05, 3.63) is 46.2 Å². The Labute approximate surface area is 154 Å². The molecule has 10 heteroatoms. The molecule has 0 aliphatic carbocycles. The van der Waals surface area contributed by atoms with Crippen LogP contribution in [0.4, 0.5) is 4.39 Å². The van der Waals surface area contributed by atoms with Crippen LogP contribution in [0.2, 0.25) is 0 Å². The van der Waals surface area contributed by atoms with E-state index in [1.54, 1.807) is 4.90 Å². The minimum Gasteiger partial charge on any atom is -0.327 e. The molecule has 25 heavy (non-hydrogen) atoms. The van der Waals surface area contributed by atoms with Crippen molar-refractivity contribution >= 4 is 33.4 Å². The molecule has 1 atom stereocenters. The number of amides is 1. The molecule has 0 N–H and O–H groups in total. The molecule has 0 bridgehead atoms. The Hall–Kier alpha value is -2.20. The summed E-state index contributed by atoms with van der Waals surface area (Å²) < 4.78 is 19.7. The van der Waals surface area contributed by atoms with E-state index in [2.05, 4.69) is 35.5 Å². The summed E-state index contributed by atoms with van der Waals surface area (Å²) in [7, 11) is 0. The van der Waals surface area contributed by atoms with Gasteiger partial charge in [0.25, 0.3) is 5.91 Å². The Morgan fingerprint density at radius 3 is 2.72 bits per heavy atom. The maximum absolute atomic E-state index is 13.1. The number of hydrogen-bond acceptors (Lipinski definition) is 6. The average Bonchev–Trinajstić information content (AvgIpc) is 3.21. The van der Waals surface area contributed by atoms with Crippen LogP contribution >= 0.6 is 27.5 Å². The van der Waals surface area contributed by atoms with Crippen molar-refractivity contribution in [3.8, 4) is 10.8 Å². The van der Waals surface area contributed by atoms with Crippen LogP contribution in [0.25, 0.3) is 10.8 Å². The highest BCUT2D eigenvalue weighted by molar-refractivity contribution is 9.10. The number of carbonyl (C=O) groups excluding carboxylic acids is 1. The number of hydrogen-bond donors (Lipinski definition) is 0. The van der Waals surface area contributed by atoms with Crippen LogP contribution in [0.1, 0.15) is 29.1 Å². The molecule has 7 nitrogen and oxygen atoms in total. The first-order valence-electron chi connectivity index (χ1n) is 7.54. The number of benzene rings is 1. The van der Waals surface area contributed by atoms with E-state index >= 15 is 0 Å². The zero-order valence-corrected chi connectivity index (χ0v) is 15.5. The van der Waals surface area contributed by atoms with Gasteiger partial charge in [0.1, 0.15) is 5.82 Å². The van der Waals surface area contributed by atoms with Gasteiger partial charge in [-0.25, -0.2) is 9.37 Å². The number of halogens is 2. The van der Waals surface area contributed by atoms with Crippen molar-refractivity contribution in [2.24, 2.45) is 0 Å². The summed E-state index contributed by atoms with van der Waals surface area (Å²) >= 11 is 4.48. The molecule has 0 spiro atoms. The van der Waals surface area contributed by atoms with Crippen molar-refractivity contribution < 1.29 is 9.18 Å². The second kappa shape index (κ2) is 6.26. The van der Waals surface area contributed by atoms with Crippen molar-refractivity contribution in [3.63, 3.8) is 0 Å². The van der Waals surface area contributed by atoms with Crippen LogP contribution in [0, 0.1) is 5.82 Å². The number of aromatic nitrogens is 5. The zero-order chi connectivity index (χ0) is 17.6. The third-order valence-corrected chi connectivity index (χ3v) is 5.43. The van der Waals surface area contributed by atoms with Crippen LogP contribution in [-0.2, 0) is 6.54 Å². The molecule has 0 saturated heterocycles. The molecule has 0 radical (unpaired) electrons. The summed E-state index contributed by atoms with van der Waals surface area (Å²) in [6, 6.07) is 5.32. The van der Waals surface area contributed by atoms with E-state index in [9.17, 15) is 9.18 Å². The molecular weight excluding hydrogens is 411 g/mol. The van der Waals surface area contributed by atoms with Gasteiger partial charge in [-0.1, -0.05) is 0 Å². The number of fused-ring (bicyclic) bond motifs is 1. The molecule has 1 amide bonds. The Morgan fingerprint density at radius 1 is 1.28 bits per heavy atom. The lowest BCUT2D eigenvalue weighted by Crippen LogP contribution is -2.41. The maximum Gasteiger partial charge on any atom is 0.254 e. The van der Waals surface area contributed by atoms with Gasteiger partial charge in [-0.3, -0.25) is 4.79 Å². The van der Waals surface area contributed by atoms with Gasteiger partial charge in [0.05, 0.1) is 6.04 Å². The van der Waals surface area contributed by atoms with E-state index in [0.717, 1.165) is 0 Å². The van der Waals surface area contributed by atoms with E-state index in [1.165, 1.54) is 35.8 Å². The summed E-state index contributed by atoms with van der Waals surface area (Å²) in [5.41, 5.74) is 0.453. The Kier molecular flexibility index (Phi) is 4.08. The fourth-order valence-electron chi connectivity index (χ4n) is 2.88. The van der Waals surface area contributed by atoms with Crippen LogP contribution in [0.5, 0.6) is 0 Å². The molecule has 0 saturated carbocycles. The molecule has 2 aromatic heterocycles. The lowest BCUT2D eigenvalue weighted by atomic mass is 10.1. The largest absolute Gasteiger partial charge is 0.327 e. The predicted molar refractivity (Wildman–Crippen MR) is 92.5 cm³/mol. The van der Waals surface area contributed by atoms with Gasteiger partial charge in [0.2, 0.25) is 4.73 Å². The van der Waals surface area contributed by atoms with Crippen LogP contribution < -0.4 is 0 Å². The highest BCUT2D eigenvalue weighted by atomic mass is 79.9. The highest BCUT2D eigenvalue weighted by Gasteiger charge is 2.32. The van der Waals surface area contributed by atoms with Gasteiger partial charge in [0, 0.05) is 18.7 Å². The van der Waals surface area contributed by atoms with Gasteiger partial charge in [0.15, 0.2) is 16.7 Å². The first kappa shape index (κ1) is 16.3. The molecular formula is C15H12BrFN6OS. The van der Waals surface area contributed by atoms with Crippen molar-refractivity contribution in [2.45, 2.75) is 19.5 Å². The Balaban J connectivity index is 1.63. The second-order valence-corrected chi connectivity index (χ2v) is 7.04. The van der Waals surface area contributed by atoms with E-state index < -0.39 is 0 Å². The maximum atomic E-state index is 13.1. The molecule has 1 aliphatic heterocycles. The summed E-state index contributed by atoms with van der Waals surface area (Å²) in [4.78, 5) is 18.7. The third-order valence-electron chi connectivity index (χ3n) is 4.13. The van der Waals surface area contributed by atoms with Crippen molar-refractivity contribution in [1.29, 1.82) is 0 Å². The number of nitrogens with zero attached hydrogens (tertiary/aromatic N) is 6. The lowest BCUT2D eigenvalue weighted by Gasteiger charge is -2.33. The van der Waals surface area contributed by atoms with Crippen LogP contribution in [0.3, 0.4) is 0 Å². The molecule has 3 heterocycles. The molecule has 1 aliphatic rings. The van der Waals surface area contributed by atoms with Crippen molar-refractivity contribution in [2.75, 3.05) is 6.54 Å². The van der Waals surface area contributed by atoms with Crippen LogP contribution in [-0.4, -0.2) is 41.5 Å². The average molecular weight is 423 g/mol. The van der Waals surface area contributed by atoms with E-state index in [0.29, 0.717) is 40.0 Å². The molecule has 1 unspecified atom stereocenters. The van der Waals surface area contributed by atoms with Gasteiger partial charge < -0.3 is 9.47 Å². The molecule has 1 aromatic carbocycles. The SMILES string of the molecule is CC1c2nnc(-c3nc(Br)ns3)n2CCN1C(=O)c1ccc(F)cc1. The van der Waals surface area contributed by atoms with E-state index in [4.69, 9.17) is 0 Å². The zero-order valence-electron chi connectivity index (χ0n) is 13.1. The Morgan fingerprint density at radius 2 is 2.04 bits per heavy atom. The fraction of sp³-hybridized carbons (Fsp3) is 0.267. The first-order valence-corrected chi connectivity index (χ1v) is 9.10. The summed E-state index contributed by atoms with van der Waals surface area (Å²) in [5.74, 6) is 0.833. The third kappa shape index (κ3) is 2.85. The van der Waals surface area contributed by atoms with E-state index in [1.807, 2.05) is 11.5 Å². The lowest BCUT2D eigenvalue weighted by molar-refractivity contribution is 0.0638. The van der Waals surface area contributed by atoms with Gasteiger partial charge in [-0.2, -0.15) is 4.37 Å². The van der Waals surface area contributed by atoms with Gasteiger partial charge >= 0.3 is 0 Å². The molecule has 4 rings (SSSR count). The quantitative estimate of drug-likeness (QED) is 0.634. The van der Waals surface area contributed by atoms with E-state index in [-0.39, 0.29) is 17.8 Å². The minimum atomic E-state index is -0.365. The normalized spacial score (nSPS) is 16.8. The standard InChI is InChI=1S/C15H12BrFN6OS/c1-8-11-19-20-12(13-18-15(16)21-25-13)23(11)7-6-22(8)14(24)9-2-4-10(17)5-3-9/h2-5,8H,6-7H2,1H3. The topological polar surface area (TPSA) is 76.8 Å². The summed E-state index contributed by atoms with van der Waals surface area (Å²) in [6.07, 6.45) is 0. The summed E-state index contributed by atoms with van der Waals surface area (Å²) in [6.45, 7) is 2.97. The highest BCUT2D eigenvalue weighted by Crippen LogP contribution is 2.30. The minimum absolute atomic E-state index is 0.151. The molecule has 0 fully saturated rings. The van der Waals surface area contributed by atoms with Crippen LogP contribution in [0.15, 0.2) is 29.0 Å². The molecule has 128 valence electrons. The predicted octanol–water partition coefficient (Wildman–Crippen LogP) is 2.92. The van der Waals surface area contributed by atoms with Gasteiger partial charge in [-0.15, -0.1) is 10.2 Å². The second-order valence-electron chi connectivity index (χ2n) is 5.58. The monoisotopic (exact) mass is 422 g/mol. The Bertz CT molecular complexity index is 940. The number of carbonyl (C=O) groups is 1. The number of rotatable bonds is 2. The summed E-state index contributed by atoms with van der Waals surface area (Å²) in [5, 5.41) is 9.15. The fourth-order valence-corrected chi connectivity index (χ4v) is 3.95. The van der Waals surface area contributed by atoms with Gasteiger partial charge in [-0.05, 0) is 58.7 Å². The van der Waals surface area contributed by atoms with Crippen molar-refractivity contribution in [1.82, 2.24) is 29.0 Å².